The van der Waals surface area contributed by atoms with Crippen LogP contribution in [-0.2, 0) is 11.3 Å². The van der Waals surface area contributed by atoms with Gasteiger partial charge in [-0.2, -0.15) is 0 Å². The third kappa shape index (κ3) is 3.88. The fourth-order valence-electron chi connectivity index (χ4n) is 2.23. The summed E-state index contributed by atoms with van der Waals surface area (Å²) in [6.07, 6.45) is 1.87. The van der Waals surface area contributed by atoms with Gasteiger partial charge in [0.2, 0.25) is 0 Å². The van der Waals surface area contributed by atoms with Crippen LogP contribution in [0.15, 0.2) is 57.9 Å². The molecule has 0 saturated heterocycles. The third-order valence-corrected chi connectivity index (χ3v) is 4.23. The van der Waals surface area contributed by atoms with E-state index >= 15 is 0 Å². The van der Waals surface area contributed by atoms with E-state index in [4.69, 9.17) is 9.26 Å². The van der Waals surface area contributed by atoms with Crippen LogP contribution >= 0.6 is 11.8 Å². The van der Waals surface area contributed by atoms with Crippen LogP contribution in [-0.4, -0.2) is 17.4 Å². The molecule has 3 aromatic rings. The molecule has 0 bridgehead atoms. The molecule has 128 valence electrons. The molecule has 0 unspecified atom stereocenters. The molecule has 1 heterocycles. The first-order valence-corrected chi connectivity index (χ1v) is 8.52. The summed E-state index contributed by atoms with van der Waals surface area (Å²) in [6.45, 7) is -0.117. The Morgan fingerprint density at radius 1 is 1.20 bits per heavy atom. The molecule has 4 nitrogen and oxygen atoms in total. The number of hydrogen-bond donors (Lipinski definition) is 0. The minimum Gasteiger partial charge on any atom is -0.455 e. The number of ether oxygens (including phenoxy) is 1. The highest BCUT2D eigenvalue weighted by Gasteiger charge is 2.15. The van der Waals surface area contributed by atoms with Crippen molar-refractivity contribution < 1.29 is 22.8 Å². The van der Waals surface area contributed by atoms with E-state index in [-0.39, 0.29) is 17.9 Å². The van der Waals surface area contributed by atoms with Crippen LogP contribution in [0.25, 0.3) is 11.3 Å². The number of aromatic nitrogens is 1. The molecule has 0 fully saturated rings. The fourth-order valence-corrected chi connectivity index (χ4v) is 2.81. The maximum Gasteiger partial charge on any atom is 0.339 e. The molecular formula is C18H13F2NO3S. The number of carbonyl (C=O) groups is 1. The van der Waals surface area contributed by atoms with Crippen molar-refractivity contribution in [2.45, 2.75) is 11.5 Å². The summed E-state index contributed by atoms with van der Waals surface area (Å²) in [5.74, 6) is -1.79. The summed E-state index contributed by atoms with van der Waals surface area (Å²) in [5.41, 5.74) is 0.871. The lowest BCUT2D eigenvalue weighted by atomic mass is 10.1. The van der Waals surface area contributed by atoms with Gasteiger partial charge in [0.1, 0.15) is 23.9 Å². The van der Waals surface area contributed by atoms with Gasteiger partial charge in [-0.3, -0.25) is 0 Å². The summed E-state index contributed by atoms with van der Waals surface area (Å²) in [7, 11) is 0. The quantitative estimate of drug-likeness (QED) is 0.487. The number of carbonyl (C=O) groups excluding carboxylic acids is 1. The molecule has 2 aromatic carbocycles. The van der Waals surface area contributed by atoms with Gasteiger partial charge in [0, 0.05) is 17.0 Å². The third-order valence-electron chi connectivity index (χ3n) is 3.43. The number of benzene rings is 2. The van der Waals surface area contributed by atoms with Gasteiger partial charge in [0.15, 0.2) is 5.76 Å². The molecule has 0 radical (unpaired) electrons. The van der Waals surface area contributed by atoms with Crippen molar-refractivity contribution >= 4 is 17.7 Å². The highest BCUT2D eigenvalue weighted by molar-refractivity contribution is 7.98. The highest BCUT2D eigenvalue weighted by atomic mass is 32.2. The van der Waals surface area contributed by atoms with Crippen molar-refractivity contribution in [3.05, 3.63) is 71.4 Å². The Morgan fingerprint density at radius 3 is 2.76 bits per heavy atom. The summed E-state index contributed by atoms with van der Waals surface area (Å²) in [6, 6.07) is 11.7. The van der Waals surface area contributed by atoms with Crippen LogP contribution in [0.3, 0.4) is 0 Å². The van der Waals surface area contributed by atoms with Crippen molar-refractivity contribution in [1.82, 2.24) is 5.16 Å². The predicted molar refractivity (Wildman–Crippen MR) is 89.2 cm³/mol. The molecule has 0 aliphatic rings. The van der Waals surface area contributed by atoms with E-state index in [1.807, 2.05) is 18.4 Å². The van der Waals surface area contributed by atoms with E-state index < -0.39 is 17.6 Å². The summed E-state index contributed by atoms with van der Waals surface area (Å²) >= 11 is 1.44. The Hall–Kier alpha value is -2.67. The molecule has 0 N–H and O–H groups in total. The SMILES string of the molecule is CSc1ccccc1C(=O)OCc1cc(-c2ccc(F)cc2F)on1. The lowest BCUT2D eigenvalue weighted by molar-refractivity contribution is 0.0460. The largest absolute Gasteiger partial charge is 0.455 e. The van der Waals surface area contributed by atoms with E-state index in [0.29, 0.717) is 11.3 Å². The molecule has 0 aliphatic heterocycles. The number of halogens is 2. The second-order valence-corrected chi connectivity index (χ2v) is 5.93. The van der Waals surface area contributed by atoms with Gasteiger partial charge in [-0.05, 0) is 30.5 Å². The van der Waals surface area contributed by atoms with Crippen LogP contribution < -0.4 is 0 Å². The number of thioether (sulfide) groups is 1. The lowest BCUT2D eigenvalue weighted by Crippen LogP contribution is -2.06. The Bertz CT molecular complexity index is 911. The second-order valence-electron chi connectivity index (χ2n) is 5.08. The van der Waals surface area contributed by atoms with Crippen molar-refractivity contribution in [3.63, 3.8) is 0 Å². The Kier molecular flexibility index (Phi) is 5.14. The molecule has 0 spiro atoms. The van der Waals surface area contributed by atoms with E-state index in [1.54, 1.807) is 12.1 Å². The normalized spacial score (nSPS) is 10.7. The topological polar surface area (TPSA) is 52.3 Å². The van der Waals surface area contributed by atoms with Crippen LogP contribution in [0, 0.1) is 11.6 Å². The van der Waals surface area contributed by atoms with Gasteiger partial charge in [-0.15, -0.1) is 11.8 Å². The molecular weight excluding hydrogens is 348 g/mol. The second kappa shape index (κ2) is 7.48. The van der Waals surface area contributed by atoms with E-state index in [0.717, 1.165) is 17.0 Å². The Morgan fingerprint density at radius 2 is 2.00 bits per heavy atom. The minimum atomic E-state index is -0.756. The summed E-state index contributed by atoms with van der Waals surface area (Å²) in [5, 5.41) is 3.75. The first-order chi connectivity index (χ1) is 12.1. The zero-order valence-corrected chi connectivity index (χ0v) is 14.0. The van der Waals surface area contributed by atoms with Crippen LogP contribution in [0.5, 0.6) is 0 Å². The van der Waals surface area contributed by atoms with Crippen LogP contribution in [0.2, 0.25) is 0 Å². The zero-order valence-electron chi connectivity index (χ0n) is 13.2. The van der Waals surface area contributed by atoms with Crippen LogP contribution in [0.4, 0.5) is 8.78 Å². The Balaban J connectivity index is 1.70. The number of esters is 1. The predicted octanol–water partition coefficient (Wildman–Crippen LogP) is 4.70. The standard InChI is InChI=1S/C18H13F2NO3S/c1-25-17-5-3-2-4-14(17)18(22)23-10-12-9-16(24-21-12)13-7-6-11(19)8-15(13)20/h2-9H,10H2,1H3. The molecule has 0 atom stereocenters. The smallest absolute Gasteiger partial charge is 0.339 e. The van der Waals surface area contributed by atoms with Gasteiger partial charge in [-0.25, -0.2) is 13.6 Å². The van der Waals surface area contributed by atoms with Crippen molar-refractivity contribution in [1.29, 1.82) is 0 Å². The van der Waals surface area contributed by atoms with Crippen molar-refractivity contribution in [3.8, 4) is 11.3 Å². The first-order valence-electron chi connectivity index (χ1n) is 7.29. The average Bonchev–Trinajstić information content (AvgIpc) is 3.08. The zero-order chi connectivity index (χ0) is 17.8. The first kappa shape index (κ1) is 17.2. The molecule has 0 amide bonds. The molecule has 0 aliphatic carbocycles. The van der Waals surface area contributed by atoms with Crippen LogP contribution in [0.1, 0.15) is 16.1 Å². The van der Waals surface area contributed by atoms with Gasteiger partial charge in [0.25, 0.3) is 0 Å². The number of hydrogen-bond acceptors (Lipinski definition) is 5. The lowest BCUT2D eigenvalue weighted by Gasteiger charge is -2.06. The molecule has 25 heavy (non-hydrogen) atoms. The summed E-state index contributed by atoms with van der Waals surface area (Å²) in [4.78, 5) is 13.0. The maximum atomic E-state index is 13.7. The van der Waals surface area contributed by atoms with Crippen molar-refractivity contribution in [2.75, 3.05) is 6.26 Å². The number of rotatable bonds is 5. The van der Waals surface area contributed by atoms with E-state index in [9.17, 15) is 13.6 Å². The maximum absolute atomic E-state index is 13.7. The monoisotopic (exact) mass is 361 g/mol. The average molecular weight is 361 g/mol. The Labute approximate surface area is 146 Å². The fraction of sp³-hybridized carbons (Fsp3) is 0.111. The van der Waals surface area contributed by atoms with Crippen molar-refractivity contribution in [2.24, 2.45) is 0 Å². The van der Waals surface area contributed by atoms with E-state index in [2.05, 4.69) is 5.16 Å². The van der Waals surface area contributed by atoms with Gasteiger partial charge in [0.05, 0.1) is 11.1 Å². The molecule has 0 saturated carbocycles. The van der Waals surface area contributed by atoms with Gasteiger partial charge in [-0.1, -0.05) is 17.3 Å². The molecule has 3 rings (SSSR count). The molecule has 7 heteroatoms. The summed E-state index contributed by atoms with van der Waals surface area (Å²) < 4.78 is 37.0. The van der Waals surface area contributed by atoms with E-state index in [1.165, 1.54) is 23.9 Å². The van der Waals surface area contributed by atoms with Gasteiger partial charge < -0.3 is 9.26 Å². The number of nitrogens with zero attached hydrogens (tertiary/aromatic N) is 1. The molecule has 1 aromatic heterocycles. The van der Waals surface area contributed by atoms with Gasteiger partial charge >= 0.3 is 5.97 Å². The highest BCUT2D eigenvalue weighted by Crippen LogP contribution is 2.25. The minimum absolute atomic E-state index is 0.0826.